The van der Waals surface area contributed by atoms with Crippen LogP contribution in [0.5, 0.6) is 0 Å². The van der Waals surface area contributed by atoms with Gasteiger partial charge in [-0.3, -0.25) is 4.79 Å². The second-order valence-corrected chi connectivity index (χ2v) is 8.92. The maximum Gasteiger partial charge on any atom is 0.267 e. The second kappa shape index (κ2) is 5.72. The van der Waals surface area contributed by atoms with E-state index in [1.165, 1.54) is 31.2 Å². The Morgan fingerprint density at radius 2 is 1.64 bits per heavy atom. The molecule has 0 aliphatic carbocycles. The van der Waals surface area contributed by atoms with Crippen molar-refractivity contribution in [2.24, 2.45) is 5.14 Å². The van der Waals surface area contributed by atoms with Crippen LogP contribution in [-0.4, -0.2) is 32.9 Å². The van der Waals surface area contributed by atoms with Gasteiger partial charge in [0.25, 0.3) is 10.0 Å². The minimum Gasteiger partial charge on any atom is -0.326 e. The fourth-order valence-electron chi connectivity index (χ4n) is 1.44. The molecule has 0 bridgehead atoms. The van der Waals surface area contributed by atoms with Crippen molar-refractivity contribution in [3.63, 3.8) is 0 Å². The molecule has 0 spiro atoms. The number of benzene rings is 1. The first kappa shape index (κ1) is 16.5. The van der Waals surface area contributed by atoms with Crippen LogP contribution in [0.4, 0.5) is 5.69 Å². The van der Waals surface area contributed by atoms with Crippen molar-refractivity contribution in [2.45, 2.75) is 20.5 Å². The minimum atomic E-state index is -4.11. The molecule has 9 nitrogen and oxygen atoms in total. The van der Waals surface area contributed by atoms with Crippen LogP contribution in [0.15, 0.2) is 37.8 Å². The number of anilines is 1. The first-order chi connectivity index (χ1) is 10.1. The summed E-state index contributed by atoms with van der Waals surface area (Å²) in [6.45, 7) is 1.32. The summed E-state index contributed by atoms with van der Waals surface area (Å²) in [5.41, 5.74) is 0.425. The summed E-state index contributed by atoms with van der Waals surface area (Å²) < 4.78 is 45.7. The molecule has 0 fully saturated rings. The van der Waals surface area contributed by atoms with E-state index in [4.69, 9.17) is 5.14 Å². The highest BCUT2D eigenvalue weighted by Crippen LogP contribution is 2.26. The molecule has 0 unspecified atom stereocenters. The molecule has 2 rings (SSSR count). The van der Waals surface area contributed by atoms with Gasteiger partial charge >= 0.3 is 0 Å². The van der Waals surface area contributed by atoms with Crippen LogP contribution in [-0.2, 0) is 24.7 Å². The van der Waals surface area contributed by atoms with Crippen molar-refractivity contribution in [1.29, 1.82) is 0 Å². The Labute approximate surface area is 130 Å². The summed E-state index contributed by atoms with van der Waals surface area (Å²) in [5.74, 6) is -0.294. The SMILES string of the molecule is CC(=O)Nc1ccc(S(=O)(=O)c2nnc(S(N)(=O)=O)s2)cc1. The van der Waals surface area contributed by atoms with Crippen LogP contribution < -0.4 is 10.5 Å². The smallest absolute Gasteiger partial charge is 0.267 e. The fraction of sp³-hybridized carbons (Fsp3) is 0.100. The number of aromatic nitrogens is 2. The van der Waals surface area contributed by atoms with Gasteiger partial charge in [-0.25, -0.2) is 22.0 Å². The van der Waals surface area contributed by atoms with Crippen LogP contribution in [0.25, 0.3) is 0 Å². The normalized spacial score (nSPS) is 12.1. The van der Waals surface area contributed by atoms with Gasteiger partial charge < -0.3 is 5.32 Å². The van der Waals surface area contributed by atoms with E-state index in [-0.39, 0.29) is 10.8 Å². The lowest BCUT2D eigenvalue weighted by Crippen LogP contribution is -2.11. The number of rotatable bonds is 4. The number of nitrogens with one attached hydrogen (secondary N) is 1. The standard InChI is InChI=1S/C10H10N4O5S3/c1-6(15)12-7-2-4-8(5-3-7)21(16,17)9-13-14-10(20-9)22(11,18)19/h2-5H,1H3,(H,12,15)(H2,11,18,19). The van der Waals surface area contributed by atoms with Gasteiger partial charge in [-0.15, -0.1) is 10.2 Å². The molecule has 118 valence electrons. The van der Waals surface area contributed by atoms with E-state index >= 15 is 0 Å². The van der Waals surface area contributed by atoms with Gasteiger partial charge in [-0.1, -0.05) is 11.3 Å². The molecule has 1 amide bonds. The molecule has 22 heavy (non-hydrogen) atoms. The molecule has 0 radical (unpaired) electrons. The van der Waals surface area contributed by atoms with E-state index in [9.17, 15) is 21.6 Å². The highest BCUT2D eigenvalue weighted by atomic mass is 32.3. The maximum absolute atomic E-state index is 12.3. The van der Waals surface area contributed by atoms with E-state index in [0.717, 1.165) is 0 Å². The number of primary sulfonamides is 1. The molecule has 0 saturated heterocycles. The number of sulfonamides is 1. The number of nitrogens with zero attached hydrogens (tertiary/aromatic N) is 2. The third-order valence-electron chi connectivity index (χ3n) is 2.35. The second-order valence-electron chi connectivity index (χ2n) is 4.09. The van der Waals surface area contributed by atoms with Gasteiger partial charge in [-0.05, 0) is 24.3 Å². The lowest BCUT2D eigenvalue weighted by atomic mass is 10.3. The van der Waals surface area contributed by atoms with Gasteiger partial charge in [0.05, 0.1) is 4.90 Å². The first-order valence-corrected chi connectivity index (χ1v) is 9.44. The number of nitrogens with two attached hydrogens (primary N) is 1. The predicted molar refractivity (Wildman–Crippen MR) is 77.5 cm³/mol. The number of hydrogen-bond donors (Lipinski definition) is 2. The molecule has 1 aromatic heterocycles. The van der Waals surface area contributed by atoms with Crippen LogP contribution in [0.2, 0.25) is 0 Å². The quantitative estimate of drug-likeness (QED) is 0.776. The largest absolute Gasteiger partial charge is 0.326 e. The summed E-state index contributed by atoms with van der Waals surface area (Å²) in [6.07, 6.45) is 0. The Hall–Kier alpha value is -1.89. The van der Waals surface area contributed by atoms with Crippen molar-refractivity contribution < 1.29 is 21.6 Å². The highest BCUT2D eigenvalue weighted by Gasteiger charge is 2.25. The monoisotopic (exact) mass is 362 g/mol. The summed E-state index contributed by atoms with van der Waals surface area (Å²) in [6, 6.07) is 5.32. The van der Waals surface area contributed by atoms with Crippen molar-refractivity contribution in [1.82, 2.24) is 10.2 Å². The van der Waals surface area contributed by atoms with Gasteiger partial charge in [0, 0.05) is 12.6 Å². The summed E-state index contributed by atoms with van der Waals surface area (Å²) in [5, 5.41) is 14.0. The third-order valence-corrected chi connectivity index (χ3v) is 6.72. The number of sulfone groups is 1. The van der Waals surface area contributed by atoms with Crippen molar-refractivity contribution in [3.8, 4) is 0 Å². The Kier molecular flexibility index (Phi) is 4.28. The Morgan fingerprint density at radius 1 is 1.09 bits per heavy atom. The number of carbonyl (C=O) groups excluding carboxylic acids is 1. The lowest BCUT2D eigenvalue weighted by Gasteiger charge is -2.03. The Balaban J connectivity index is 2.38. The predicted octanol–water partition coefficient (Wildman–Crippen LogP) is -0.0233. The van der Waals surface area contributed by atoms with Crippen LogP contribution in [0.1, 0.15) is 6.92 Å². The van der Waals surface area contributed by atoms with Gasteiger partial charge in [0.1, 0.15) is 0 Å². The molecule has 0 aliphatic heterocycles. The average Bonchev–Trinajstić information content (AvgIpc) is 2.88. The Bertz CT molecular complexity index is 916. The molecule has 1 heterocycles. The summed E-state index contributed by atoms with van der Waals surface area (Å²) >= 11 is 0.364. The van der Waals surface area contributed by atoms with E-state index in [2.05, 4.69) is 15.5 Å². The zero-order valence-corrected chi connectivity index (χ0v) is 13.5. The number of carbonyl (C=O) groups is 1. The van der Waals surface area contributed by atoms with E-state index < -0.39 is 28.5 Å². The van der Waals surface area contributed by atoms with E-state index in [1.54, 1.807) is 0 Å². The van der Waals surface area contributed by atoms with Crippen molar-refractivity contribution in [3.05, 3.63) is 24.3 Å². The molecule has 3 N–H and O–H groups in total. The first-order valence-electron chi connectivity index (χ1n) is 5.60. The molecule has 0 aliphatic rings. The van der Waals surface area contributed by atoms with Crippen molar-refractivity contribution in [2.75, 3.05) is 5.32 Å². The fourth-order valence-corrected chi connectivity index (χ4v) is 4.58. The zero-order valence-electron chi connectivity index (χ0n) is 11.0. The average molecular weight is 362 g/mol. The molecule has 1 aromatic carbocycles. The van der Waals surface area contributed by atoms with E-state index in [0.29, 0.717) is 17.0 Å². The number of hydrogen-bond acceptors (Lipinski definition) is 8. The molecular weight excluding hydrogens is 352 g/mol. The summed E-state index contributed by atoms with van der Waals surface area (Å²) in [4.78, 5) is 10.8. The van der Waals surface area contributed by atoms with E-state index in [1.807, 2.05) is 0 Å². The molecule has 0 atom stereocenters. The van der Waals surface area contributed by atoms with Crippen LogP contribution in [0.3, 0.4) is 0 Å². The molecular formula is C10H10N4O5S3. The Morgan fingerprint density at radius 3 is 2.09 bits per heavy atom. The molecule has 12 heteroatoms. The lowest BCUT2D eigenvalue weighted by molar-refractivity contribution is -0.114. The maximum atomic E-state index is 12.3. The van der Waals surface area contributed by atoms with Crippen LogP contribution in [0, 0.1) is 0 Å². The third kappa shape index (κ3) is 3.47. The van der Waals surface area contributed by atoms with Crippen LogP contribution >= 0.6 is 11.3 Å². The highest BCUT2D eigenvalue weighted by molar-refractivity contribution is 7.95. The van der Waals surface area contributed by atoms with Gasteiger partial charge in [0.2, 0.25) is 24.4 Å². The van der Waals surface area contributed by atoms with Gasteiger partial charge in [0.15, 0.2) is 0 Å². The topological polar surface area (TPSA) is 149 Å². The number of amides is 1. The van der Waals surface area contributed by atoms with Gasteiger partial charge in [-0.2, -0.15) is 0 Å². The van der Waals surface area contributed by atoms with Crippen molar-refractivity contribution >= 4 is 42.8 Å². The summed E-state index contributed by atoms with van der Waals surface area (Å²) in [7, 11) is -8.12. The molecule has 0 saturated carbocycles. The minimum absolute atomic E-state index is 0.112. The zero-order chi connectivity index (χ0) is 16.5. The molecule has 2 aromatic rings.